The van der Waals surface area contributed by atoms with Gasteiger partial charge >= 0.3 is 0 Å². The molecule has 4 rings (SSSR count). The van der Waals surface area contributed by atoms with Crippen LogP contribution in [-0.2, 0) is 22.4 Å². The molecular formula is C25H30N2O3. The van der Waals surface area contributed by atoms with Gasteiger partial charge in [-0.05, 0) is 73.3 Å². The summed E-state index contributed by atoms with van der Waals surface area (Å²) in [5, 5.41) is 9.42. The zero-order valence-electron chi connectivity index (χ0n) is 17.3. The number of nitrogens with zero attached hydrogens (tertiary/aromatic N) is 1. The van der Waals surface area contributed by atoms with Crippen molar-refractivity contribution in [3.8, 4) is 5.75 Å². The van der Waals surface area contributed by atoms with Gasteiger partial charge in [0.05, 0.1) is 12.1 Å². The summed E-state index contributed by atoms with van der Waals surface area (Å²) in [5.74, 6) is 0.459. The molecule has 1 aliphatic heterocycles. The predicted molar refractivity (Wildman–Crippen MR) is 116 cm³/mol. The third kappa shape index (κ3) is 4.41. The molecule has 1 saturated heterocycles. The molecule has 1 heterocycles. The molecule has 30 heavy (non-hydrogen) atoms. The quantitative estimate of drug-likeness (QED) is 0.771. The number of aryl methyl sites for hydroxylation is 1. The normalized spacial score (nSPS) is 21.8. The van der Waals surface area contributed by atoms with Crippen LogP contribution in [0.3, 0.4) is 0 Å². The molecule has 3 atom stereocenters. The highest BCUT2D eigenvalue weighted by Crippen LogP contribution is 2.35. The summed E-state index contributed by atoms with van der Waals surface area (Å²) < 4.78 is 0. The van der Waals surface area contributed by atoms with Gasteiger partial charge in [0, 0.05) is 13.0 Å². The lowest BCUT2D eigenvalue weighted by Crippen LogP contribution is -2.49. The molecule has 5 heteroatoms. The molecule has 2 aromatic rings. The fraction of sp³-hybridized carbons (Fsp3) is 0.440. The van der Waals surface area contributed by atoms with Crippen molar-refractivity contribution in [3.05, 3.63) is 65.2 Å². The van der Waals surface area contributed by atoms with Gasteiger partial charge < -0.3 is 15.7 Å². The number of aromatic hydroxyl groups is 1. The zero-order valence-corrected chi connectivity index (χ0v) is 17.3. The number of ketones is 1. The first kappa shape index (κ1) is 20.6. The van der Waals surface area contributed by atoms with Crippen LogP contribution in [0.5, 0.6) is 5.75 Å². The van der Waals surface area contributed by atoms with E-state index in [1.54, 1.807) is 29.2 Å². The van der Waals surface area contributed by atoms with Gasteiger partial charge in [-0.1, -0.05) is 36.4 Å². The van der Waals surface area contributed by atoms with E-state index >= 15 is 0 Å². The van der Waals surface area contributed by atoms with Crippen LogP contribution in [0.25, 0.3) is 0 Å². The number of amides is 1. The lowest BCUT2D eigenvalue weighted by Gasteiger charge is -2.29. The van der Waals surface area contributed by atoms with Gasteiger partial charge in [-0.3, -0.25) is 9.59 Å². The molecule has 3 N–H and O–H groups in total. The molecule has 2 aliphatic rings. The fourth-order valence-corrected chi connectivity index (χ4v) is 5.00. The van der Waals surface area contributed by atoms with E-state index in [1.165, 1.54) is 11.1 Å². The smallest absolute Gasteiger partial charge is 0.240 e. The predicted octanol–water partition coefficient (Wildman–Crippen LogP) is 3.33. The van der Waals surface area contributed by atoms with Crippen LogP contribution in [0.2, 0.25) is 0 Å². The van der Waals surface area contributed by atoms with E-state index in [1.807, 2.05) is 0 Å². The number of hydrogen-bond donors (Lipinski definition) is 2. The molecule has 1 amide bonds. The summed E-state index contributed by atoms with van der Waals surface area (Å²) in [7, 11) is 0. The van der Waals surface area contributed by atoms with E-state index in [4.69, 9.17) is 5.73 Å². The van der Waals surface area contributed by atoms with Crippen molar-refractivity contribution < 1.29 is 14.7 Å². The molecule has 2 aromatic carbocycles. The standard InChI is InChI=1S/C25H30N2O3/c26-22(15-17-10-12-20(28)13-11-17)25(30)27-14-4-9-23(27)24(29)16-19-7-3-6-18-5-1-2-8-21(18)19/h1-2,5,8,10-13,19,22-23,28H,3-4,6-7,9,14-16,26H2/t19-,22-,23?/m0/s1. The van der Waals surface area contributed by atoms with Crippen molar-refractivity contribution in [1.29, 1.82) is 0 Å². The molecule has 0 saturated carbocycles. The molecule has 0 spiro atoms. The van der Waals surface area contributed by atoms with Gasteiger partial charge in [-0.25, -0.2) is 0 Å². The average molecular weight is 407 g/mol. The lowest BCUT2D eigenvalue weighted by atomic mass is 9.79. The summed E-state index contributed by atoms with van der Waals surface area (Å²) in [4.78, 5) is 27.9. The molecule has 0 bridgehead atoms. The average Bonchev–Trinajstić information content (AvgIpc) is 3.25. The van der Waals surface area contributed by atoms with Crippen LogP contribution >= 0.6 is 0 Å². The van der Waals surface area contributed by atoms with Gasteiger partial charge in [0.25, 0.3) is 0 Å². The monoisotopic (exact) mass is 406 g/mol. The maximum atomic E-state index is 13.2. The maximum Gasteiger partial charge on any atom is 0.240 e. The number of nitrogens with two attached hydrogens (primary N) is 1. The van der Waals surface area contributed by atoms with Crippen LogP contribution in [0, 0.1) is 0 Å². The van der Waals surface area contributed by atoms with Crippen molar-refractivity contribution in [3.63, 3.8) is 0 Å². The molecule has 5 nitrogen and oxygen atoms in total. The van der Waals surface area contributed by atoms with Gasteiger partial charge in [0.2, 0.25) is 5.91 Å². The van der Waals surface area contributed by atoms with E-state index in [9.17, 15) is 14.7 Å². The highest BCUT2D eigenvalue weighted by molar-refractivity contribution is 5.92. The molecule has 1 fully saturated rings. The van der Waals surface area contributed by atoms with E-state index < -0.39 is 6.04 Å². The Bertz CT molecular complexity index is 909. The van der Waals surface area contributed by atoms with Crippen LogP contribution in [0.4, 0.5) is 0 Å². The third-order valence-corrected chi connectivity index (χ3v) is 6.56. The maximum absolute atomic E-state index is 13.2. The van der Waals surface area contributed by atoms with Gasteiger partial charge in [-0.15, -0.1) is 0 Å². The Morgan fingerprint density at radius 1 is 1.07 bits per heavy atom. The Morgan fingerprint density at radius 3 is 2.63 bits per heavy atom. The number of hydrogen-bond acceptors (Lipinski definition) is 4. The summed E-state index contributed by atoms with van der Waals surface area (Å²) in [6.45, 7) is 0.597. The number of likely N-dealkylation sites (tertiary alicyclic amines) is 1. The number of rotatable bonds is 6. The molecule has 0 aromatic heterocycles. The minimum Gasteiger partial charge on any atom is -0.508 e. The highest BCUT2D eigenvalue weighted by Gasteiger charge is 2.37. The van der Waals surface area contributed by atoms with Gasteiger partial charge in [0.15, 0.2) is 5.78 Å². The minimum atomic E-state index is -0.682. The topological polar surface area (TPSA) is 83.6 Å². The first-order chi connectivity index (χ1) is 14.5. The second-order valence-electron chi connectivity index (χ2n) is 8.63. The lowest BCUT2D eigenvalue weighted by molar-refractivity contribution is -0.138. The number of fused-ring (bicyclic) bond motifs is 1. The number of Topliss-reactive ketones (excluding diaryl/α,β-unsaturated/α-hetero) is 1. The number of phenolic OH excluding ortho intramolecular Hbond substituents is 1. The van der Waals surface area contributed by atoms with E-state index in [0.717, 1.165) is 37.7 Å². The van der Waals surface area contributed by atoms with E-state index in [0.29, 0.717) is 19.4 Å². The highest BCUT2D eigenvalue weighted by atomic mass is 16.3. The Balaban J connectivity index is 1.41. The number of phenols is 1. The minimum absolute atomic E-state index is 0.150. The summed E-state index contributed by atoms with van der Waals surface area (Å²) in [6, 6.07) is 14.1. The summed E-state index contributed by atoms with van der Waals surface area (Å²) >= 11 is 0. The Kier molecular flexibility index (Phi) is 6.18. The largest absolute Gasteiger partial charge is 0.508 e. The summed E-state index contributed by atoms with van der Waals surface area (Å²) in [6.07, 6.45) is 5.69. The Hall–Kier alpha value is -2.66. The second-order valence-corrected chi connectivity index (χ2v) is 8.63. The van der Waals surface area contributed by atoms with Crippen LogP contribution in [-0.4, -0.2) is 40.3 Å². The third-order valence-electron chi connectivity index (χ3n) is 6.56. The summed E-state index contributed by atoms with van der Waals surface area (Å²) in [5.41, 5.74) is 9.77. The SMILES string of the molecule is N[C@@H](Cc1ccc(O)cc1)C(=O)N1CCCC1C(=O)C[C@@H]1CCCc2ccccc21. The van der Waals surface area contributed by atoms with Crippen molar-refractivity contribution in [1.82, 2.24) is 4.90 Å². The van der Waals surface area contributed by atoms with E-state index in [-0.39, 0.29) is 29.4 Å². The number of carbonyl (C=O) groups is 2. The van der Waals surface area contributed by atoms with Crippen LogP contribution in [0.1, 0.15) is 54.7 Å². The van der Waals surface area contributed by atoms with E-state index in [2.05, 4.69) is 24.3 Å². The molecule has 158 valence electrons. The van der Waals surface area contributed by atoms with Crippen LogP contribution in [0.15, 0.2) is 48.5 Å². The Morgan fingerprint density at radius 2 is 1.83 bits per heavy atom. The number of benzene rings is 2. The molecule has 0 radical (unpaired) electrons. The van der Waals surface area contributed by atoms with Gasteiger partial charge in [-0.2, -0.15) is 0 Å². The number of carbonyl (C=O) groups excluding carboxylic acids is 2. The first-order valence-corrected chi connectivity index (χ1v) is 11.0. The molecule has 1 aliphatic carbocycles. The van der Waals surface area contributed by atoms with Crippen molar-refractivity contribution in [2.24, 2.45) is 5.73 Å². The first-order valence-electron chi connectivity index (χ1n) is 11.0. The fourth-order valence-electron chi connectivity index (χ4n) is 5.00. The molecular weight excluding hydrogens is 376 g/mol. The Labute approximate surface area is 177 Å². The van der Waals surface area contributed by atoms with Crippen LogP contribution < -0.4 is 5.73 Å². The molecule has 1 unspecified atom stereocenters. The van der Waals surface area contributed by atoms with Crippen molar-refractivity contribution in [2.45, 2.75) is 62.9 Å². The zero-order chi connectivity index (χ0) is 21.1. The van der Waals surface area contributed by atoms with Crippen molar-refractivity contribution >= 4 is 11.7 Å². The van der Waals surface area contributed by atoms with Crippen molar-refractivity contribution in [2.75, 3.05) is 6.54 Å². The van der Waals surface area contributed by atoms with Gasteiger partial charge in [0.1, 0.15) is 5.75 Å². The second kappa shape index (κ2) is 9.00.